The average Bonchev–Trinajstić information content (AvgIpc) is 2.55. The predicted molar refractivity (Wildman–Crippen MR) is 104 cm³/mol. The molecular weight excluding hydrogens is 371 g/mol. The Hall–Kier alpha value is -2.61. The number of sulfonamides is 1. The van der Waals surface area contributed by atoms with Crippen molar-refractivity contribution in [1.82, 2.24) is 0 Å². The van der Waals surface area contributed by atoms with Crippen LogP contribution in [0.5, 0.6) is 5.75 Å². The van der Waals surface area contributed by atoms with E-state index in [2.05, 4.69) is 5.32 Å². The van der Waals surface area contributed by atoms with Gasteiger partial charge in [-0.05, 0) is 57.2 Å². The zero-order chi connectivity index (χ0) is 20.2. The van der Waals surface area contributed by atoms with Gasteiger partial charge in [0.2, 0.25) is 15.9 Å². The van der Waals surface area contributed by atoms with Gasteiger partial charge in [-0.25, -0.2) is 12.8 Å². The van der Waals surface area contributed by atoms with E-state index in [0.717, 1.165) is 22.7 Å². The first-order chi connectivity index (χ1) is 12.6. The molecule has 2 rings (SSSR count). The summed E-state index contributed by atoms with van der Waals surface area (Å²) in [6.07, 6.45) is 0.978. The van der Waals surface area contributed by atoms with Crippen LogP contribution in [0.15, 0.2) is 48.5 Å². The molecule has 0 aliphatic carbocycles. The van der Waals surface area contributed by atoms with Crippen LogP contribution in [0.4, 0.5) is 15.8 Å². The molecular formula is C19H23FN2O4S. The molecule has 2 aromatic carbocycles. The van der Waals surface area contributed by atoms with E-state index in [4.69, 9.17) is 4.74 Å². The average molecular weight is 394 g/mol. The van der Waals surface area contributed by atoms with Crippen LogP contribution in [0.3, 0.4) is 0 Å². The molecule has 0 aromatic heterocycles. The van der Waals surface area contributed by atoms with E-state index in [1.54, 1.807) is 24.3 Å². The Morgan fingerprint density at radius 1 is 1.11 bits per heavy atom. The molecule has 0 aliphatic rings. The SMILES string of the molecule is CC(C)Oc1cccc(NC(=O)C(C)N(c2ccc(F)cc2)S(C)(=O)=O)c1. The van der Waals surface area contributed by atoms with Crippen molar-refractivity contribution in [3.05, 3.63) is 54.3 Å². The van der Waals surface area contributed by atoms with Crippen molar-refractivity contribution >= 4 is 27.3 Å². The van der Waals surface area contributed by atoms with Gasteiger partial charge in [-0.3, -0.25) is 9.10 Å². The quantitative estimate of drug-likeness (QED) is 0.781. The van der Waals surface area contributed by atoms with Gasteiger partial charge in [0.15, 0.2) is 0 Å². The van der Waals surface area contributed by atoms with Crippen LogP contribution in [0.25, 0.3) is 0 Å². The normalized spacial score (nSPS) is 12.5. The molecule has 0 saturated carbocycles. The van der Waals surface area contributed by atoms with Gasteiger partial charge < -0.3 is 10.1 Å². The maximum Gasteiger partial charge on any atom is 0.247 e. The number of nitrogens with one attached hydrogen (secondary N) is 1. The highest BCUT2D eigenvalue weighted by Crippen LogP contribution is 2.23. The molecule has 6 nitrogen and oxygen atoms in total. The number of rotatable bonds is 7. The fourth-order valence-electron chi connectivity index (χ4n) is 2.56. The van der Waals surface area contributed by atoms with Gasteiger partial charge in [0, 0.05) is 11.8 Å². The largest absolute Gasteiger partial charge is 0.491 e. The number of hydrogen-bond donors (Lipinski definition) is 1. The van der Waals surface area contributed by atoms with Crippen LogP contribution in [-0.2, 0) is 14.8 Å². The third-order valence-electron chi connectivity index (χ3n) is 3.64. The molecule has 1 atom stereocenters. The Morgan fingerprint density at radius 2 is 1.74 bits per heavy atom. The monoisotopic (exact) mass is 394 g/mol. The van der Waals surface area contributed by atoms with Crippen LogP contribution in [0, 0.1) is 5.82 Å². The maximum atomic E-state index is 13.2. The smallest absolute Gasteiger partial charge is 0.247 e. The lowest BCUT2D eigenvalue weighted by Gasteiger charge is -2.28. The molecule has 0 bridgehead atoms. The summed E-state index contributed by atoms with van der Waals surface area (Å²) in [6, 6.07) is 10.7. The van der Waals surface area contributed by atoms with Gasteiger partial charge in [-0.1, -0.05) is 6.07 Å². The highest BCUT2D eigenvalue weighted by molar-refractivity contribution is 7.92. The molecule has 0 aliphatic heterocycles. The molecule has 1 amide bonds. The summed E-state index contributed by atoms with van der Waals surface area (Å²) in [5, 5.41) is 2.69. The van der Waals surface area contributed by atoms with E-state index in [-0.39, 0.29) is 11.8 Å². The Morgan fingerprint density at radius 3 is 2.30 bits per heavy atom. The van der Waals surface area contributed by atoms with Crippen molar-refractivity contribution in [3.8, 4) is 5.75 Å². The number of carbonyl (C=O) groups excluding carboxylic acids is 1. The van der Waals surface area contributed by atoms with E-state index < -0.39 is 27.8 Å². The van der Waals surface area contributed by atoms with Crippen LogP contribution in [0.1, 0.15) is 20.8 Å². The number of hydrogen-bond acceptors (Lipinski definition) is 4. The predicted octanol–water partition coefficient (Wildman–Crippen LogP) is 3.41. The van der Waals surface area contributed by atoms with Crippen LogP contribution in [-0.4, -0.2) is 32.7 Å². The lowest BCUT2D eigenvalue weighted by atomic mass is 10.2. The maximum absolute atomic E-state index is 13.2. The first-order valence-electron chi connectivity index (χ1n) is 8.40. The fraction of sp³-hybridized carbons (Fsp3) is 0.316. The molecule has 0 radical (unpaired) electrons. The lowest BCUT2D eigenvalue weighted by molar-refractivity contribution is -0.116. The van der Waals surface area contributed by atoms with Crippen LogP contribution < -0.4 is 14.4 Å². The lowest BCUT2D eigenvalue weighted by Crippen LogP contribution is -2.45. The highest BCUT2D eigenvalue weighted by Gasteiger charge is 2.29. The van der Waals surface area contributed by atoms with Gasteiger partial charge in [0.05, 0.1) is 18.0 Å². The Balaban J connectivity index is 2.24. The molecule has 146 valence electrons. The highest BCUT2D eigenvalue weighted by atomic mass is 32.2. The second-order valence-corrected chi connectivity index (χ2v) is 8.25. The minimum Gasteiger partial charge on any atom is -0.491 e. The summed E-state index contributed by atoms with van der Waals surface area (Å²) in [6.45, 7) is 5.24. The topological polar surface area (TPSA) is 75.7 Å². The number of ether oxygens (including phenoxy) is 1. The third-order valence-corrected chi connectivity index (χ3v) is 4.88. The molecule has 0 heterocycles. The standard InChI is InChI=1S/C19H23FN2O4S/c1-13(2)26-18-7-5-6-16(12-18)21-19(23)14(3)22(27(4,24)25)17-10-8-15(20)9-11-17/h5-14H,1-4H3,(H,21,23). The zero-order valence-electron chi connectivity index (χ0n) is 15.6. The molecule has 0 fully saturated rings. The van der Waals surface area contributed by atoms with E-state index in [0.29, 0.717) is 11.4 Å². The fourth-order valence-corrected chi connectivity index (χ4v) is 3.74. The van der Waals surface area contributed by atoms with Crippen molar-refractivity contribution in [3.63, 3.8) is 0 Å². The first kappa shape index (κ1) is 20.7. The summed E-state index contributed by atoms with van der Waals surface area (Å²) in [4.78, 5) is 12.6. The van der Waals surface area contributed by atoms with Crippen molar-refractivity contribution in [2.45, 2.75) is 32.9 Å². The summed E-state index contributed by atoms with van der Waals surface area (Å²) in [7, 11) is -3.77. The number of amides is 1. The third kappa shape index (κ3) is 5.68. The molecule has 1 unspecified atom stereocenters. The van der Waals surface area contributed by atoms with Gasteiger partial charge in [0.25, 0.3) is 0 Å². The number of halogens is 1. The summed E-state index contributed by atoms with van der Waals surface area (Å²) in [5.41, 5.74) is 0.691. The second-order valence-electron chi connectivity index (χ2n) is 6.39. The van der Waals surface area contributed by atoms with E-state index in [1.165, 1.54) is 19.1 Å². The van der Waals surface area contributed by atoms with Crippen molar-refractivity contribution < 1.29 is 22.3 Å². The van der Waals surface area contributed by atoms with E-state index in [1.807, 2.05) is 13.8 Å². The molecule has 8 heteroatoms. The molecule has 1 N–H and O–H groups in total. The number of nitrogens with zero attached hydrogens (tertiary/aromatic N) is 1. The number of benzene rings is 2. The van der Waals surface area contributed by atoms with Gasteiger partial charge in [0.1, 0.15) is 17.6 Å². The minimum absolute atomic E-state index is 0.0194. The Labute approximate surface area is 159 Å². The number of anilines is 2. The summed E-state index contributed by atoms with van der Waals surface area (Å²) < 4.78 is 44.1. The molecule has 0 saturated heterocycles. The molecule has 2 aromatic rings. The van der Waals surface area contributed by atoms with Crippen molar-refractivity contribution in [2.75, 3.05) is 15.9 Å². The molecule has 27 heavy (non-hydrogen) atoms. The van der Waals surface area contributed by atoms with Gasteiger partial charge >= 0.3 is 0 Å². The second kappa shape index (κ2) is 8.39. The first-order valence-corrected chi connectivity index (χ1v) is 10.3. The Kier molecular flexibility index (Phi) is 6.43. The van der Waals surface area contributed by atoms with E-state index >= 15 is 0 Å². The zero-order valence-corrected chi connectivity index (χ0v) is 16.5. The van der Waals surface area contributed by atoms with Gasteiger partial charge in [-0.2, -0.15) is 0 Å². The number of carbonyl (C=O) groups is 1. The summed E-state index contributed by atoms with van der Waals surface area (Å²) >= 11 is 0. The minimum atomic E-state index is -3.77. The van der Waals surface area contributed by atoms with Crippen molar-refractivity contribution in [1.29, 1.82) is 0 Å². The Bertz CT molecular complexity index is 898. The van der Waals surface area contributed by atoms with Crippen molar-refractivity contribution in [2.24, 2.45) is 0 Å². The summed E-state index contributed by atoms with van der Waals surface area (Å²) in [5.74, 6) is -0.424. The van der Waals surface area contributed by atoms with Crippen LogP contribution in [0.2, 0.25) is 0 Å². The van der Waals surface area contributed by atoms with Crippen LogP contribution >= 0.6 is 0 Å². The van der Waals surface area contributed by atoms with Gasteiger partial charge in [-0.15, -0.1) is 0 Å². The van der Waals surface area contributed by atoms with E-state index in [9.17, 15) is 17.6 Å². The molecule has 0 spiro atoms.